The van der Waals surface area contributed by atoms with Gasteiger partial charge in [-0.25, -0.2) is 0 Å². The molecule has 0 heterocycles. The van der Waals surface area contributed by atoms with Gasteiger partial charge in [0, 0.05) is 6.04 Å². The zero-order chi connectivity index (χ0) is 12.8. The highest BCUT2D eigenvalue weighted by Gasteiger charge is 2.21. The van der Waals surface area contributed by atoms with Crippen LogP contribution in [0.25, 0.3) is 0 Å². The molecule has 0 bridgehead atoms. The lowest BCUT2D eigenvalue weighted by Crippen LogP contribution is -2.36. The van der Waals surface area contributed by atoms with Crippen molar-refractivity contribution < 1.29 is 4.79 Å². The maximum absolute atomic E-state index is 12.1. The predicted octanol–water partition coefficient (Wildman–Crippen LogP) is 3.81. The highest BCUT2D eigenvalue weighted by atomic mass is 35.5. The maximum Gasteiger partial charge on any atom is 0.242 e. The number of nitrogens with one attached hydrogen (secondary N) is 1. The van der Waals surface area contributed by atoms with Crippen molar-refractivity contribution in [2.75, 3.05) is 0 Å². The first-order chi connectivity index (χ1) is 8.77. The standard InChI is InChI=1S/C15H20ClNO/c16-14(12-8-4-3-5-9-12)15(18)17-13-10-6-1-2-7-11-13/h3-5,8-9,13-14H,1-2,6-7,10-11H2,(H,17,18)/t14-/m1/s1. The molecule has 1 amide bonds. The molecule has 1 aliphatic carbocycles. The molecule has 0 unspecified atom stereocenters. The Morgan fingerprint density at radius 2 is 1.72 bits per heavy atom. The van der Waals surface area contributed by atoms with Gasteiger partial charge >= 0.3 is 0 Å². The molecule has 0 aromatic heterocycles. The highest BCUT2D eigenvalue weighted by molar-refractivity contribution is 6.30. The number of rotatable bonds is 3. The maximum atomic E-state index is 12.1. The van der Waals surface area contributed by atoms with Crippen LogP contribution in [0.1, 0.15) is 49.5 Å². The van der Waals surface area contributed by atoms with Gasteiger partial charge in [-0.2, -0.15) is 0 Å². The number of benzene rings is 1. The molecule has 1 N–H and O–H groups in total. The summed E-state index contributed by atoms with van der Waals surface area (Å²) in [4.78, 5) is 12.1. The Bertz CT molecular complexity index is 371. The number of halogens is 1. The first kappa shape index (κ1) is 13.4. The van der Waals surface area contributed by atoms with Gasteiger partial charge in [-0.15, -0.1) is 11.6 Å². The minimum absolute atomic E-state index is 0.0604. The number of alkyl halides is 1. The van der Waals surface area contributed by atoms with Crippen LogP contribution < -0.4 is 5.32 Å². The molecule has 1 atom stereocenters. The van der Waals surface area contributed by atoms with Crippen LogP contribution in [0.5, 0.6) is 0 Å². The van der Waals surface area contributed by atoms with E-state index < -0.39 is 5.38 Å². The third kappa shape index (κ3) is 3.74. The lowest BCUT2D eigenvalue weighted by molar-refractivity contribution is -0.121. The van der Waals surface area contributed by atoms with E-state index in [4.69, 9.17) is 11.6 Å². The van der Waals surface area contributed by atoms with Gasteiger partial charge in [0.15, 0.2) is 0 Å². The summed E-state index contributed by atoms with van der Waals surface area (Å²) in [5.41, 5.74) is 0.866. The van der Waals surface area contributed by atoms with Crippen molar-refractivity contribution in [2.24, 2.45) is 0 Å². The van der Waals surface area contributed by atoms with Crippen LogP contribution in [0.15, 0.2) is 30.3 Å². The van der Waals surface area contributed by atoms with Crippen LogP contribution in [-0.4, -0.2) is 11.9 Å². The number of hydrogen-bond donors (Lipinski definition) is 1. The van der Waals surface area contributed by atoms with E-state index >= 15 is 0 Å². The molecule has 0 spiro atoms. The fourth-order valence-electron chi connectivity index (χ4n) is 2.47. The molecule has 98 valence electrons. The monoisotopic (exact) mass is 265 g/mol. The van der Waals surface area contributed by atoms with E-state index in [1.165, 1.54) is 25.7 Å². The Kier molecular flexibility index (Phi) is 5.06. The van der Waals surface area contributed by atoms with Crippen molar-refractivity contribution in [3.8, 4) is 0 Å². The molecule has 0 radical (unpaired) electrons. The average molecular weight is 266 g/mol. The second-order valence-corrected chi connectivity index (χ2v) is 5.41. The zero-order valence-corrected chi connectivity index (χ0v) is 11.3. The summed E-state index contributed by atoms with van der Waals surface area (Å²) in [6.07, 6.45) is 7.17. The van der Waals surface area contributed by atoms with Crippen molar-refractivity contribution in [2.45, 2.75) is 49.9 Å². The molecule has 1 aromatic carbocycles. The Morgan fingerprint density at radius 3 is 2.33 bits per heavy atom. The second kappa shape index (κ2) is 6.79. The summed E-state index contributed by atoms with van der Waals surface area (Å²) < 4.78 is 0. The lowest BCUT2D eigenvalue weighted by atomic mass is 10.1. The lowest BCUT2D eigenvalue weighted by Gasteiger charge is -2.18. The summed E-state index contributed by atoms with van der Waals surface area (Å²) in [6, 6.07) is 9.84. The van der Waals surface area contributed by atoms with Gasteiger partial charge in [0.2, 0.25) is 5.91 Å². The second-order valence-electron chi connectivity index (χ2n) is 4.97. The fraction of sp³-hybridized carbons (Fsp3) is 0.533. The van der Waals surface area contributed by atoms with E-state index in [1.807, 2.05) is 30.3 Å². The number of hydrogen-bond acceptors (Lipinski definition) is 1. The summed E-state index contributed by atoms with van der Waals surface area (Å²) in [7, 11) is 0. The molecule has 18 heavy (non-hydrogen) atoms. The minimum atomic E-state index is -0.575. The van der Waals surface area contributed by atoms with Gasteiger partial charge in [0.25, 0.3) is 0 Å². The molecule has 1 saturated carbocycles. The van der Waals surface area contributed by atoms with Crippen LogP contribution in [-0.2, 0) is 4.79 Å². The number of carbonyl (C=O) groups is 1. The zero-order valence-electron chi connectivity index (χ0n) is 10.6. The predicted molar refractivity (Wildman–Crippen MR) is 74.7 cm³/mol. The van der Waals surface area contributed by atoms with Gasteiger partial charge in [0.05, 0.1) is 0 Å². The molecule has 0 saturated heterocycles. The van der Waals surface area contributed by atoms with E-state index in [-0.39, 0.29) is 5.91 Å². The van der Waals surface area contributed by atoms with Crippen molar-refractivity contribution in [1.82, 2.24) is 5.32 Å². The van der Waals surface area contributed by atoms with Crippen molar-refractivity contribution in [3.05, 3.63) is 35.9 Å². The number of amides is 1. The average Bonchev–Trinajstić information content (AvgIpc) is 2.67. The Morgan fingerprint density at radius 1 is 1.11 bits per heavy atom. The first-order valence-electron chi connectivity index (χ1n) is 6.77. The van der Waals surface area contributed by atoms with E-state index in [9.17, 15) is 4.79 Å². The number of carbonyl (C=O) groups excluding carboxylic acids is 1. The molecule has 2 nitrogen and oxygen atoms in total. The van der Waals surface area contributed by atoms with Crippen LogP contribution in [0.4, 0.5) is 0 Å². The van der Waals surface area contributed by atoms with Gasteiger partial charge < -0.3 is 5.32 Å². The van der Waals surface area contributed by atoms with Crippen molar-refractivity contribution in [3.63, 3.8) is 0 Å². The molecule has 1 aromatic rings. The summed E-state index contributed by atoms with van der Waals surface area (Å²) in [5.74, 6) is -0.0604. The van der Waals surface area contributed by atoms with Crippen LogP contribution in [0.3, 0.4) is 0 Å². The third-order valence-electron chi connectivity index (χ3n) is 3.52. The first-order valence-corrected chi connectivity index (χ1v) is 7.20. The Hall–Kier alpha value is -1.02. The molecular weight excluding hydrogens is 246 g/mol. The quantitative estimate of drug-likeness (QED) is 0.654. The minimum Gasteiger partial charge on any atom is -0.352 e. The van der Waals surface area contributed by atoms with Gasteiger partial charge in [0.1, 0.15) is 5.38 Å². The van der Waals surface area contributed by atoms with Gasteiger partial charge in [-0.1, -0.05) is 56.0 Å². The molecule has 1 fully saturated rings. The topological polar surface area (TPSA) is 29.1 Å². The summed E-state index contributed by atoms with van der Waals surface area (Å²) in [6.45, 7) is 0. The largest absolute Gasteiger partial charge is 0.352 e. The van der Waals surface area contributed by atoms with E-state index in [0.29, 0.717) is 6.04 Å². The van der Waals surface area contributed by atoms with E-state index in [2.05, 4.69) is 5.32 Å². The Balaban J connectivity index is 1.90. The van der Waals surface area contributed by atoms with E-state index in [1.54, 1.807) is 0 Å². The summed E-state index contributed by atoms with van der Waals surface area (Å²) >= 11 is 6.20. The van der Waals surface area contributed by atoms with Crippen molar-refractivity contribution in [1.29, 1.82) is 0 Å². The normalized spacial score (nSPS) is 18.9. The van der Waals surface area contributed by atoms with Gasteiger partial charge in [-0.3, -0.25) is 4.79 Å². The third-order valence-corrected chi connectivity index (χ3v) is 3.97. The molecule has 3 heteroatoms. The fourth-order valence-corrected chi connectivity index (χ4v) is 2.68. The smallest absolute Gasteiger partial charge is 0.242 e. The Labute approximate surface area is 114 Å². The SMILES string of the molecule is O=C(NC1CCCCCC1)[C@H](Cl)c1ccccc1. The van der Waals surface area contributed by atoms with Crippen LogP contribution >= 0.6 is 11.6 Å². The van der Waals surface area contributed by atoms with Crippen molar-refractivity contribution >= 4 is 17.5 Å². The van der Waals surface area contributed by atoms with Crippen LogP contribution in [0, 0.1) is 0 Å². The molecule has 1 aliphatic rings. The molecule has 2 rings (SSSR count). The van der Waals surface area contributed by atoms with Gasteiger partial charge in [-0.05, 0) is 18.4 Å². The summed E-state index contributed by atoms with van der Waals surface area (Å²) in [5, 5.41) is 2.51. The van der Waals surface area contributed by atoms with E-state index in [0.717, 1.165) is 18.4 Å². The molecule has 0 aliphatic heterocycles. The van der Waals surface area contributed by atoms with Crippen LogP contribution in [0.2, 0.25) is 0 Å². The molecular formula is C15H20ClNO. The highest BCUT2D eigenvalue weighted by Crippen LogP contribution is 2.22.